The molecule has 2 N–H and O–H groups in total. The van der Waals surface area contributed by atoms with Crippen molar-refractivity contribution in [3.8, 4) is 16.5 Å². The van der Waals surface area contributed by atoms with Gasteiger partial charge in [0.05, 0.1) is 12.3 Å². The van der Waals surface area contributed by atoms with Crippen molar-refractivity contribution in [3.63, 3.8) is 0 Å². The number of aromatic nitrogens is 4. The highest BCUT2D eigenvalue weighted by atomic mass is 32.2. The van der Waals surface area contributed by atoms with Crippen LogP contribution >= 0.6 is 11.3 Å². The number of fused-ring (bicyclic) bond motifs is 1. The molecule has 1 atom stereocenters. The second kappa shape index (κ2) is 10.8. The number of imidazole rings is 1. The van der Waals surface area contributed by atoms with Crippen molar-refractivity contribution in [1.29, 1.82) is 0 Å². The summed E-state index contributed by atoms with van der Waals surface area (Å²) >= 11 is 1.24. The van der Waals surface area contributed by atoms with Gasteiger partial charge in [-0.3, -0.25) is 14.0 Å². The lowest BCUT2D eigenvalue weighted by molar-refractivity contribution is -0.0306. The Morgan fingerprint density at radius 2 is 1.85 bits per heavy atom. The Labute approximate surface area is 239 Å². The SMILES string of the molecule is CN1CCN(C(O)Cn2cc(N3CCCS3(=O)=O)n3c(=O)c(O)c(-c4ncc(Cc5ccc(F)cc5)s4)nc23)CC1. The van der Waals surface area contributed by atoms with Crippen LogP contribution in [0.4, 0.5) is 10.2 Å². The summed E-state index contributed by atoms with van der Waals surface area (Å²) in [6.45, 7) is 3.11. The number of nitrogens with zero attached hydrogens (tertiary/aromatic N) is 7. The van der Waals surface area contributed by atoms with E-state index in [0.717, 1.165) is 32.2 Å². The summed E-state index contributed by atoms with van der Waals surface area (Å²) in [6, 6.07) is 6.11. The predicted molar refractivity (Wildman–Crippen MR) is 152 cm³/mol. The molecule has 0 amide bonds. The van der Waals surface area contributed by atoms with Crippen molar-refractivity contribution in [3.05, 3.63) is 63.3 Å². The van der Waals surface area contributed by atoms with E-state index in [1.165, 1.54) is 29.7 Å². The molecule has 1 aromatic carbocycles. The molecule has 3 aromatic heterocycles. The number of sulfonamides is 1. The minimum atomic E-state index is -3.66. The third kappa shape index (κ3) is 5.35. The first-order valence-corrected chi connectivity index (χ1v) is 15.7. The average molecular weight is 604 g/mol. The lowest BCUT2D eigenvalue weighted by atomic mass is 10.1. The maximum atomic E-state index is 13.6. The van der Waals surface area contributed by atoms with Crippen molar-refractivity contribution >= 4 is 33.0 Å². The smallest absolute Gasteiger partial charge is 0.303 e. The standard InChI is InChI=1S/C26H30FN7O5S2/c1-30-8-10-31(11-9-30)21(35)16-32-15-20(33-7-2-12-41(33,38)39)34-25(37)23(36)22(29-26(32)34)24-28-14-19(40-24)13-17-3-5-18(27)6-4-17/h3-6,14-15,21,35-36H,2,7-13,16H2,1H3. The minimum absolute atomic E-state index is 0.0328. The van der Waals surface area contributed by atoms with Crippen LogP contribution in [0.25, 0.3) is 16.5 Å². The number of aliphatic hydroxyl groups is 1. The number of halogens is 1. The number of aromatic hydroxyl groups is 1. The number of hydrogen-bond acceptors (Lipinski definition) is 10. The van der Waals surface area contributed by atoms with Crippen LogP contribution in [0.5, 0.6) is 5.75 Å². The van der Waals surface area contributed by atoms with Crippen LogP contribution in [0.1, 0.15) is 16.9 Å². The lowest BCUT2D eigenvalue weighted by Gasteiger charge is -2.35. The van der Waals surface area contributed by atoms with E-state index in [1.54, 1.807) is 22.9 Å². The van der Waals surface area contributed by atoms with Crippen molar-refractivity contribution in [2.24, 2.45) is 0 Å². The van der Waals surface area contributed by atoms with Gasteiger partial charge in [0.2, 0.25) is 21.6 Å². The van der Waals surface area contributed by atoms with Crippen LogP contribution in [0, 0.1) is 5.82 Å². The predicted octanol–water partition coefficient (Wildman–Crippen LogP) is 1.16. The van der Waals surface area contributed by atoms with Gasteiger partial charge in [-0.1, -0.05) is 12.1 Å². The van der Waals surface area contributed by atoms with Crippen molar-refractivity contribution < 1.29 is 23.0 Å². The fraction of sp³-hybridized carbons (Fsp3) is 0.423. The Morgan fingerprint density at radius 1 is 1.12 bits per heavy atom. The number of anilines is 1. The zero-order chi connectivity index (χ0) is 28.9. The monoisotopic (exact) mass is 603 g/mol. The van der Waals surface area contributed by atoms with E-state index in [4.69, 9.17) is 0 Å². The summed E-state index contributed by atoms with van der Waals surface area (Å²) in [6.07, 6.45) is 3.09. The summed E-state index contributed by atoms with van der Waals surface area (Å²) in [5, 5.41) is 22.4. The van der Waals surface area contributed by atoms with Crippen LogP contribution in [0.3, 0.4) is 0 Å². The quantitative estimate of drug-likeness (QED) is 0.319. The molecule has 15 heteroatoms. The van der Waals surface area contributed by atoms with E-state index in [2.05, 4.69) is 14.9 Å². The molecule has 1 unspecified atom stereocenters. The molecule has 41 heavy (non-hydrogen) atoms. The molecule has 2 fully saturated rings. The maximum absolute atomic E-state index is 13.6. The fourth-order valence-corrected chi connectivity index (χ4v) is 7.70. The Bertz CT molecular complexity index is 1740. The molecular formula is C26H30FN7O5S2. The van der Waals surface area contributed by atoms with Gasteiger partial charge in [-0.05, 0) is 31.2 Å². The van der Waals surface area contributed by atoms with Crippen LogP contribution < -0.4 is 9.86 Å². The second-order valence-corrected chi connectivity index (χ2v) is 13.5. The fourth-order valence-electron chi connectivity index (χ4n) is 5.22. The largest absolute Gasteiger partial charge is 0.501 e. The van der Waals surface area contributed by atoms with Gasteiger partial charge >= 0.3 is 5.56 Å². The molecule has 2 aliphatic rings. The highest BCUT2D eigenvalue weighted by Crippen LogP contribution is 2.32. The first kappa shape index (κ1) is 27.8. The van der Waals surface area contributed by atoms with Gasteiger partial charge in [-0.2, -0.15) is 0 Å². The number of benzene rings is 1. The summed E-state index contributed by atoms with van der Waals surface area (Å²) in [4.78, 5) is 27.5. The zero-order valence-corrected chi connectivity index (χ0v) is 24.0. The van der Waals surface area contributed by atoms with Crippen LogP contribution in [0.2, 0.25) is 0 Å². The molecule has 0 bridgehead atoms. The van der Waals surface area contributed by atoms with Crippen molar-refractivity contribution in [2.75, 3.05) is 49.8 Å². The topological polar surface area (TPSA) is 137 Å². The summed E-state index contributed by atoms with van der Waals surface area (Å²) in [5.41, 5.74) is 0.0115. The van der Waals surface area contributed by atoms with Gasteiger partial charge in [0.15, 0.2) is 5.69 Å². The van der Waals surface area contributed by atoms with Gasteiger partial charge in [-0.15, -0.1) is 11.3 Å². The number of rotatable bonds is 7. The molecule has 218 valence electrons. The van der Waals surface area contributed by atoms with Gasteiger partial charge in [0, 0.05) is 56.4 Å². The molecule has 0 aliphatic carbocycles. The molecule has 0 saturated carbocycles. The number of piperazine rings is 1. The molecule has 12 nitrogen and oxygen atoms in total. The molecule has 6 rings (SSSR count). The number of likely N-dealkylation sites (N-methyl/N-ethyl adjacent to an activating group) is 1. The van der Waals surface area contributed by atoms with Crippen LogP contribution in [-0.4, -0.2) is 99.1 Å². The zero-order valence-electron chi connectivity index (χ0n) is 22.3. The highest BCUT2D eigenvalue weighted by Gasteiger charge is 2.34. The summed E-state index contributed by atoms with van der Waals surface area (Å²) in [7, 11) is -1.64. The van der Waals surface area contributed by atoms with Gasteiger partial charge in [-0.25, -0.2) is 27.2 Å². The average Bonchev–Trinajstić information content (AvgIpc) is 3.64. The van der Waals surface area contributed by atoms with E-state index in [-0.39, 0.29) is 41.9 Å². The molecule has 0 spiro atoms. The first-order chi connectivity index (χ1) is 19.6. The van der Waals surface area contributed by atoms with Crippen molar-refractivity contribution in [1.82, 2.24) is 28.7 Å². The molecule has 2 saturated heterocycles. The molecule has 4 aromatic rings. The molecular weight excluding hydrogens is 573 g/mol. The number of aliphatic hydroxyl groups excluding tert-OH is 1. The number of thiazole rings is 1. The van der Waals surface area contributed by atoms with Gasteiger partial charge in [0.1, 0.15) is 22.9 Å². The molecule has 2 aliphatic heterocycles. The third-order valence-electron chi connectivity index (χ3n) is 7.52. The summed E-state index contributed by atoms with van der Waals surface area (Å²) in [5.74, 6) is -0.878. The van der Waals surface area contributed by atoms with Crippen LogP contribution in [-0.2, 0) is 23.0 Å². The Balaban J connectivity index is 1.41. The van der Waals surface area contributed by atoms with Crippen molar-refractivity contribution in [2.45, 2.75) is 25.6 Å². The minimum Gasteiger partial charge on any atom is -0.501 e. The van der Waals surface area contributed by atoms with E-state index in [1.807, 2.05) is 11.9 Å². The van der Waals surface area contributed by atoms with Gasteiger partial charge in [0.25, 0.3) is 0 Å². The Morgan fingerprint density at radius 3 is 2.54 bits per heavy atom. The van der Waals surface area contributed by atoms with E-state index >= 15 is 0 Å². The second-order valence-electron chi connectivity index (χ2n) is 10.4. The third-order valence-corrected chi connectivity index (χ3v) is 10.4. The first-order valence-electron chi connectivity index (χ1n) is 13.3. The van der Waals surface area contributed by atoms with E-state index in [9.17, 15) is 27.8 Å². The Kier molecular flexibility index (Phi) is 7.32. The lowest BCUT2D eigenvalue weighted by Crippen LogP contribution is -2.50. The summed E-state index contributed by atoms with van der Waals surface area (Å²) < 4.78 is 42.7. The molecule has 5 heterocycles. The normalized spacial score (nSPS) is 18.9. The number of hydrogen-bond donors (Lipinski definition) is 2. The molecule has 0 radical (unpaired) electrons. The maximum Gasteiger partial charge on any atom is 0.303 e. The highest BCUT2D eigenvalue weighted by molar-refractivity contribution is 7.93. The van der Waals surface area contributed by atoms with E-state index < -0.39 is 27.6 Å². The van der Waals surface area contributed by atoms with Gasteiger partial charge < -0.3 is 19.7 Å². The van der Waals surface area contributed by atoms with E-state index in [0.29, 0.717) is 30.9 Å². The van der Waals surface area contributed by atoms with Crippen LogP contribution in [0.15, 0.2) is 41.5 Å². The Hall–Kier alpha value is -3.37.